The Morgan fingerprint density at radius 3 is 3.23 bits per heavy atom. The molecule has 1 aliphatic rings. The molecule has 2 aromatic rings. The number of H-pyrrole nitrogens is 1. The van der Waals surface area contributed by atoms with E-state index in [0.717, 1.165) is 13.1 Å². The van der Waals surface area contributed by atoms with E-state index >= 15 is 0 Å². The predicted octanol–water partition coefficient (Wildman–Crippen LogP) is 2.27. The number of carbonyl (C=O) groups is 1. The molecule has 118 valence electrons. The molecule has 2 aromatic heterocycles. The molecule has 2 N–H and O–H groups in total. The van der Waals surface area contributed by atoms with Crippen LogP contribution in [0.3, 0.4) is 0 Å². The van der Waals surface area contributed by atoms with Crippen molar-refractivity contribution in [2.45, 2.75) is 32.2 Å². The zero-order valence-corrected chi connectivity index (χ0v) is 12.8. The van der Waals surface area contributed by atoms with E-state index in [2.05, 4.69) is 27.3 Å². The first-order chi connectivity index (χ1) is 10.7. The highest BCUT2D eigenvalue weighted by Gasteiger charge is 2.18. The van der Waals surface area contributed by atoms with Crippen LogP contribution in [-0.2, 0) is 0 Å². The molecular weight excluding hydrogens is 280 g/mol. The van der Waals surface area contributed by atoms with Gasteiger partial charge in [-0.2, -0.15) is 5.10 Å². The number of amides is 1. The van der Waals surface area contributed by atoms with E-state index in [-0.39, 0.29) is 5.91 Å². The van der Waals surface area contributed by atoms with E-state index in [9.17, 15) is 4.79 Å². The maximum Gasteiger partial charge on any atom is 0.271 e. The second-order valence-corrected chi connectivity index (χ2v) is 5.78. The monoisotopic (exact) mass is 302 g/mol. The highest BCUT2D eigenvalue weighted by atomic mass is 16.3. The largest absolute Gasteiger partial charge is 0.463 e. The molecule has 0 aromatic carbocycles. The molecule has 0 spiro atoms. The summed E-state index contributed by atoms with van der Waals surface area (Å²) in [6.45, 7) is 4.92. The lowest BCUT2D eigenvalue weighted by Gasteiger charge is -2.33. The summed E-state index contributed by atoms with van der Waals surface area (Å²) in [7, 11) is 0. The molecule has 1 fully saturated rings. The Bertz CT molecular complexity index is 605. The fourth-order valence-electron chi connectivity index (χ4n) is 2.89. The van der Waals surface area contributed by atoms with Crippen LogP contribution in [-0.4, -0.2) is 46.7 Å². The van der Waals surface area contributed by atoms with Gasteiger partial charge in [0, 0.05) is 25.2 Å². The minimum atomic E-state index is -0.154. The third kappa shape index (κ3) is 3.39. The van der Waals surface area contributed by atoms with Crippen LogP contribution in [0.5, 0.6) is 0 Å². The van der Waals surface area contributed by atoms with Gasteiger partial charge in [0.25, 0.3) is 5.91 Å². The third-order valence-corrected chi connectivity index (χ3v) is 4.22. The van der Waals surface area contributed by atoms with Crippen molar-refractivity contribution in [2.75, 3.05) is 19.6 Å². The molecule has 1 amide bonds. The summed E-state index contributed by atoms with van der Waals surface area (Å²) in [4.78, 5) is 14.5. The Hall–Kier alpha value is -2.08. The van der Waals surface area contributed by atoms with Crippen LogP contribution in [0, 0.1) is 0 Å². The first-order valence-corrected chi connectivity index (χ1v) is 7.85. The average Bonchev–Trinajstić information content (AvgIpc) is 3.20. The molecule has 0 radical (unpaired) electrons. The van der Waals surface area contributed by atoms with E-state index < -0.39 is 0 Å². The van der Waals surface area contributed by atoms with Crippen LogP contribution in [0.25, 0.3) is 11.5 Å². The van der Waals surface area contributed by atoms with Crippen molar-refractivity contribution in [3.63, 3.8) is 0 Å². The van der Waals surface area contributed by atoms with Crippen molar-refractivity contribution in [2.24, 2.45) is 0 Å². The van der Waals surface area contributed by atoms with E-state index in [1.54, 1.807) is 18.4 Å². The molecule has 0 aliphatic carbocycles. The lowest BCUT2D eigenvalue weighted by atomic mass is 10.0. The fourth-order valence-corrected chi connectivity index (χ4v) is 2.89. The van der Waals surface area contributed by atoms with Crippen molar-refractivity contribution in [1.82, 2.24) is 20.4 Å². The second-order valence-electron chi connectivity index (χ2n) is 5.78. The molecule has 1 atom stereocenters. The quantitative estimate of drug-likeness (QED) is 0.888. The minimum absolute atomic E-state index is 0.154. The van der Waals surface area contributed by atoms with Crippen LogP contribution >= 0.6 is 0 Å². The maximum absolute atomic E-state index is 12.1. The number of aromatic amines is 1. The number of likely N-dealkylation sites (tertiary alicyclic amines) is 1. The molecule has 1 aliphatic heterocycles. The topological polar surface area (TPSA) is 74.2 Å². The highest BCUT2D eigenvalue weighted by Crippen LogP contribution is 2.18. The van der Waals surface area contributed by atoms with Gasteiger partial charge in [-0.3, -0.25) is 14.8 Å². The molecular formula is C16H22N4O2. The Morgan fingerprint density at radius 1 is 1.55 bits per heavy atom. The van der Waals surface area contributed by atoms with Gasteiger partial charge in [-0.05, 0) is 38.4 Å². The van der Waals surface area contributed by atoms with Crippen molar-refractivity contribution in [1.29, 1.82) is 0 Å². The van der Waals surface area contributed by atoms with E-state index in [4.69, 9.17) is 4.42 Å². The van der Waals surface area contributed by atoms with E-state index in [0.29, 0.717) is 29.7 Å². The van der Waals surface area contributed by atoms with Gasteiger partial charge >= 0.3 is 0 Å². The van der Waals surface area contributed by atoms with Gasteiger partial charge in [0.15, 0.2) is 11.5 Å². The van der Waals surface area contributed by atoms with Crippen LogP contribution < -0.4 is 5.32 Å². The normalized spacial score (nSPS) is 19.2. The number of nitrogens with zero attached hydrogens (tertiary/aromatic N) is 2. The number of carbonyl (C=O) groups excluding carboxylic acids is 1. The summed E-state index contributed by atoms with van der Waals surface area (Å²) in [5.74, 6) is 0.521. The average molecular weight is 302 g/mol. The number of hydrogen-bond donors (Lipinski definition) is 2. The van der Waals surface area contributed by atoms with Gasteiger partial charge in [0.1, 0.15) is 5.69 Å². The Kier molecular flexibility index (Phi) is 4.58. The second kappa shape index (κ2) is 6.79. The molecule has 0 bridgehead atoms. The van der Waals surface area contributed by atoms with Crippen LogP contribution in [0.4, 0.5) is 0 Å². The molecule has 3 heterocycles. The first kappa shape index (κ1) is 14.8. The summed E-state index contributed by atoms with van der Waals surface area (Å²) in [6.07, 6.45) is 5.41. The number of piperidine rings is 1. The van der Waals surface area contributed by atoms with E-state index in [1.807, 2.05) is 6.07 Å². The summed E-state index contributed by atoms with van der Waals surface area (Å²) in [6, 6.07) is 5.95. The lowest BCUT2D eigenvalue weighted by molar-refractivity contribution is 0.0933. The van der Waals surface area contributed by atoms with E-state index in [1.165, 1.54) is 19.3 Å². The maximum atomic E-state index is 12.1. The van der Waals surface area contributed by atoms with Crippen LogP contribution in [0.1, 0.15) is 36.7 Å². The van der Waals surface area contributed by atoms with Gasteiger partial charge in [-0.25, -0.2) is 0 Å². The summed E-state index contributed by atoms with van der Waals surface area (Å²) in [5, 5.41) is 9.79. The number of furan rings is 1. The van der Waals surface area contributed by atoms with Crippen molar-refractivity contribution in [3.05, 3.63) is 30.2 Å². The number of nitrogens with one attached hydrogen (secondary N) is 2. The molecule has 3 rings (SSSR count). The van der Waals surface area contributed by atoms with Crippen molar-refractivity contribution >= 4 is 5.91 Å². The van der Waals surface area contributed by atoms with Gasteiger partial charge in [-0.1, -0.05) is 6.42 Å². The summed E-state index contributed by atoms with van der Waals surface area (Å²) < 4.78 is 5.28. The number of hydrogen-bond acceptors (Lipinski definition) is 4. The summed E-state index contributed by atoms with van der Waals surface area (Å²) in [5.41, 5.74) is 1.10. The van der Waals surface area contributed by atoms with Gasteiger partial charge in [-0.15, -0.1) is 0 Å². The molecule has 6 nitrogen and oxygen atoms in total. The zero-order chi connectivity index (χ0) is 15.4. The highest BCUT2D eigenvalue weighted by molar-refractivity contribution is 5.93. The molecule has 1 saturated heterocycles. The lowest BCUT2D eigenvalue weighted by Crippen LogP contribution is -2.42. The zero-order valence-electron chi connectivity index (χ0n) is 12.8. The molecule has 1 unspecified atom stereocenters. The number of aromatic nitrogens is 2. The molecule has 6 heteroatoms. The summed E-state index contributed by atoms with van der Waals surface area (Å²) >= 11 is 0. The molecule has 22 heavy (non-hydrogen) atoms. The Balaban J connectivity index is 1.50. The minimum Gasteiger partial charge on any atom is -0.463 e. The SMILES string of the molecule is CC1CCCCN1CCNC(=O)c1cc(-c2ccco2)[nH]n1. The van der Waals surface area contributed by atoms with Gasteiger partial charge in [0.05, 0.1) is 6.26 Å². The van der Waals surface area contributed by atoms with Crippen LogP contribution in [0.15, 0.2) is 28.9 Å². The smallest absolute Gasteiger partial charge is 0.271 e. The van der Waals surface area contributed by atoms with Crippen molar-refractivity contribution < 1.29 is 9.21 Å². The number of rotatable bonds is 5. The Labute approximate surface area is 129 Å². The standard InChI is InChI=1S/C16H22N4O2/c1-12-5-2-3-8-20(12)9-7-17-16(21)14-11-13(18-19-14)15-6-4-10-22-15/h4,6,10-12H,2-3,5,7-9H2,1H3,(H,17,21)(H,18,19). The third-order valence-electron chi connectivity index (χ3n) is 4.22. The van der Waals surface area contributed by atoms with Crippen molar-refractivity contribution in [3.8, 4) is 11.5 Å². The first-order valence-electron chi connectivity index (χ1n) is 7.85. The van der Waals surface area contributed by atoms with Gasteiger partial charge < -0.3 is 9.73 Å². The predicted molar refractivity (Wildman–Crippen MR) is 83.5 cm³/mol. The fraction of sp³-hybridized carbons (Fsp3) is 0.500. The molecule has 0 saturated carbocycles. The Morgan fingerprint density at radius 2 is 2.45 bits per heavy atom. The van der Waals surface area contributed by atoms with Gasteiger partial charge in [0.2, 0.25) is 0 Å². The van der Waals surface area contributed by atoms with Crippen LogP contribution in [0.2, 0.25) is 0 Å².